The number of rotatable bonds is 5. The Morgan fingerprint density at radius 2 is 1.88 bits per heavy atom. The smallest absolute Gasteiger partial charge is 0.349 e. The molecule has 0 rings (SSSR count). The van der Waals surface area contributed by atoms with Crippen LogP contribution in [-0.4, -0.2) is 36.6 Å². The van der Waals surface area contributed by atoms with E-state index in [0.29, 0.717) is 0 Å². The summed E-state index contributed by atoms with van der Waals surface area (Å²) >= 11 is 0. The van der Waals surface area contributed by atoms with Crippen LogP contribution in [0.5, 0.6) is 0 Å². The van der Waals surface area contributed by atoms with E-state index in [1.165, 1.54) is 19.0 Å². The zero-order valence-electron chi connectivity index (χ0n) is 9.84. The fraction of sp³-hybridized carbons (Fsp3) is 0.800. The predicted octanol–water partition coefficient (Wildman–Crippen LogP) is 1.42. The van der Waals surface area contributed by atoms with Crippen LogP contribution < -0.4 is 5.73 Å². The molecule has 0 aromatic heterocycles. The Morgan fingerprint density at radius 3 is 2.24 bits per heavy atom. The molecule has 4 nitrogen and oxygen atoms in total. The summed E-state index contributed by atoms with van der Waals surface area (Å²) < 4.78 is 38.2. The summed E-state index contributed by atoms with van der Waals surface area (Å²) in [5.74, 6) is -0.416. The molecule has 1 amide bonds. The van der Waals surface area contributed by atoms with E-state index in [1.54, 1.807) is 6.07 Å². The van der Waals surface area contributed by atoms with Gasteiger partial charge >= 0.3 is 6.18 Å². The van der Waals surface area contributed by atoms with Gasteiger partial charge in [-0.15, -0.1) is 0 Å². The average Bonchev–Trinajstić information content (AvgIpc) is 2.21. The van der Waals surface area contributed by atoms with Gasteiger partial charge in [-0.2, -0.15) is 18.4 Å². The molecule has 0 fully saturated rings. The Bertz CT molecular complexity index is 309. The lowest BCUT2D eigenvalue weighted by Gasteiger charge is -2.31. The lowest BCUT2D eigenvalue weighted by atomic mass is 9.88. The molecular formula is C10H16F3N3O. The van der Waals surface area contributed by atoms with Crippen molar-refractivity contribution in [3.8, 4) is 6.07 Å². The predicted molar refractivity (Wildman–Crippen MR) is 55.7 cm³/mol. The summed E-state index contributed by atoms with van der Waals surface area (Å²) in [6.07, 6.45) is -6.18. The van der Waals surface area contributed by atoms with E-state index >= 15 is 0 Å². The number of nitrogens with two attached hydrogens (primary N) is 1. The molecule has 0 heterocycles. The van der Waals surface area contributed by atoms with Crippen molar-refractivity contribution in [3.05, 3.63) is 0 Å². The van der Waals surface area contributed by atoms with Crippen LogP contribution in [0.3, 0.4) is 0 Å². The molecule has 7 heteroatoms. The van der Waals surface area contributed by atoms with Gasteiger partial charge < -0.3 is 10.6 Å². The van der Waals surface area contributed by atoms with Crippen molar-refractivity contribution in [3.63, 3.8) is 0 Å². The van der Waals surface area contributed by atoms with E-state index < -0.39 is 30.5 Å². The summed E-state index contributed by atoms with van der Waals surface area (Å²) in [5, 5.41) is 8.31. The number of carbonyl (C=O) groups excluding carboxylic acids is 1. The Kier molecular flexibility index (Phi) is 5.42. The maximum absolute atomic E-state index is 12.7. The summed E-state index contributed by atoms with van der Waals surface area (Å²) in [6.45, 7) is 0. The highest BCUT2D eigenvalue weighted by Gasteiger charge is 2.51. The van der Waals surface area contributed by atoms with Crippen molar-refractivity contribution in [2.45, 2.75) is 37.4 Å². The van der Waals surface area contributed by atoms with Gasteiger partial charge in [-0.3, -0.25) is 4.79 Å². The zero-order valence-corrected chi connectivity index (χ0v) is 9.84. The molecule has 0 aliphatic carbocycles. The van der Waals surface area contributed by atoms with Crippen LogP contribution in [0.2, 0.25) is 0 Å². The molecule has 17 heavy (non-hydrogen) atoms. The second kappa shape index (κ2) is 5.87. The molecule has 0 aromatic rings. The van der Waals surface area contributed by atoms with Crippen LogP contribution in [0.25, 0.3) is 0 Å². The first-order chi connectivity index (χ1) is 7.64. The number of amides is 1. The van der Waals surface area contributed by atoms with E-state index in [2.05, 4.69) is 0 Å². The van der Waals surface area contributed by atoms with Crippen LogP contribution in [0.1, 0.15) is 25.7 Å². The zero-order chi connectivity index (χ0) is 13.7. The molecule has 0 aliphatic rings. The quantitative estimate of drug-likeness (QED) is 0.803. The van der Waals surface area contributed by atoms with Gasteiger partial charge in [0.15, 0.2) is 0 Å². The molecule has 0 radical (unpaired) electrons. The molecule has 0 bridgehead atoms. The molecular weight excluding hydrogens is 235 g/mol. The van der Waals surface area contributed by atoms with Crippen molar-refractivity contribution < 1.29 is 18.0 Å². The minimum absolute atomic E-state index is 0.283. The fourth-order valence-corrected chi connectivity index (χ4v) is 1.24. The third-order valence-electron chi connectivity index (χ3n) is 2.53. The third kappa shape index (κ3) is 4.61. The topological polar surface area (TPSA) is 70.1 Å². The normalized spacial score (nSPS) is 14.9. The van der Waals surface area contributed by atoms with Crippen LogP contribution in [0, 0.1) is 11.3 Å². The lowest BCUT2D eigenvalue weighted by Crippen LogP contribution is -2.53. The SMILES string of the molecule is CN(C)C(=O)CCC(N)(CCC#N)C(F)(F)F. The van der Waals surface area contributed by atoms with Gasteiger partial charge in [0.2, 0.25) is 5.91 Å². The number of alkyl halides is 3. The first-order valence-corrected chi connectivity index (χ1v) is 5.07. The molecule has 2 N–H and O–H groups in total. The van der Waals surface area contributed by atoms with Gasteiger partial charge in [0, 0.05) is 26.9 Å². The van der Waals surface area contributed by atoms with Gasteiger partial charge in [-0.05, 0) is 12.8 Å². The summed E-state index contributed by atoms with van der Waals surface area (Å²) in [4.78, 5) is 12.4. The second-order valence-electron chi connectivity index (χ2n) is 4.10. The average molecular weight is 251 g/mol. The maximum Gasteiger partial charge on any atom is 0.406 e. The van der Waals surface area contributed by atoms with Crippen molar-refractivity contribution in [1.82, 2.24) is 4.90 Å². The Morgan fingerprint density at radius 1 is 1.35 bits per heavy atom. The first-order valence-electron chi connectivity index (χ1n) is 5.07. The number of carbonyl (C=O) groups is 1. The van der Waals surface area contributed by atoms with Crippen LogP contribution in [-0.2, 0) is 4.79 Å². The van der Waals surface area contributed by atoms with E-state index in [0.717, 1.165) is 0 Å². The summed E-state index contributed by atoms with van der Waals surface area (Å²) in [6, 6.07) is 1.63. The summed E-state index contributed by atoms with van der Waals surface area (Å²) in [7, 11) is 2.92. The molecule has 0 saturated carbocycles. The van der Waals surface area contributed by atoms with E-state index in [-0.39, 0.29) is 12.8 Å². The van der Waals surface area contributed by atoms with Crippen molar-refractivity contribution >= 4 is 5.91 Å². The van der Waals surface area contributed by atoms with Crippen molar-refractivity contribution in [1.29, 1.82) is 5.26 Å². The largest absolute Gasteiger partial charge is 0.406 e. The molecule has 0 aromatic carbocycles. The fourth-order valence-electron chi connectivity index (χ4n) is 1.24. The minimum atomic E-state index is -4.61. The number of nitrogens with zero attached hydrogens (tertiary/aromatic N) is 2. The minimum Gasteiger partial charge on any atom is -0.349 e. The van der Waals surface area contributed by atoms with Crippen molar-refractivity contribution in [2.75, 3.05) is 14.1 Å². The van der Waals surface area contributed by atoms with Crippen LogP contribution in [0.15, 0.2) is 0 Å². The molecule has 98 valence electrons. The van der Waals surface area contributed by atoms with E-state index in [1.807, 2.05) is 0 Å². The van der Waals surface area contributed by atoms with Crippen LogP contribution in [0.4, 0.5) is 13.2 Å². The highest BCUT2D eigenvalue weighted by atomic mass is 19.4. The van der Waals surface area contributed by atoms with Gasteiger partial charge in [0.1, 0.15) is 5.54 Å². The number of hydrogen-bond acceptors (Lipinski definition) is 3. The van der Waals surface area contributed by atoms with E-state index in [9.17, 15) is 18.0 Å². The Balaban J connectivity index is 4.62. The third-order valence-corrected chi connectivity index (χ3v) is 2.53. The molecule has 1 atom stereocenters. The molecule has 0 aliphatic heterocycles. The van der Waals surface area contributed by atoms with Gasteiger partial charge in [0.25, 0.3) is 0 Å². The van der Waals surface area contributed by atoms with E-state index in [4.69, 9.17) is 11.0 Å². The first kappa shape index (κ1) is 15.7. The van der Waals surface area contributed by atoms with Gasteiger partial charge in [0.05, 0.1) is 6.07 Å². The monoisotopic (exact) mass is 251 g/mol. The maximum atomic E-state index is 12.7. The Labute approximate surface area is 98.2 Å². The lowest BCUT2D eigenvalue weighted by molar-refractivity contribution is -0.190. The Hall–Kier alpha value is -1.29. The number of hydrogen-bond donors (Lipinski definition) is 1. The second-order valence-corrected chi connectivity index (χ2v) is 4.10. The summed E-state index contributed by atoms with van der Waals surface area (Å²) in [5.41, 5.74) is 2.80. The van der Waals surface area contributed by atoms with Gasteiger partial charge in [-0.25, -0.2) is 0 Å². The molecule has 0 spiro atoms. The van der Waals surface area contributed by atoms with Gasteiger partial charge in [-0.1, -0.05) is 0 Å². The highest BCUT2D eigenvalue weighted by molar-refractivity contribution is 5.75. The molecule has 1 unspecified atom stereocenters. The number of nitriles is 1. The van der Waals surface area contributed by atoms with Crippen molar-refractivity contribution in [2.24, 2.45) is 5.73 Å². The number of halogens is 3. The standard InChI is InChI=1S/C10H16F3N3O/c1-16(2)8(17)4-6-9(15,5-3-7-14)10(11,12)13/h3-6,15H2,1-2H3. The van der Waals surface area contributed by atoms with Crippen LogP contribution >= 0.6 is 0 Å². The highest BCUT2D eigenvalue weighted by Crippen LogP contribution is 2.35. The molecule has 0 saturated heterocycles.